The Balaban J connectivity index is 1.83. The highest BCUT2D eigenvalue weighted by Crippen LogP contribution is 2.38. The Kier molecular flexibility index (Phi) is 4.55. The van der Waals surface area contributed by atoms with Crippen LogP contribution in [0, 0.1) is 20.8 Å². The number of Topliss-reactive ketones (excluding diaryl/α,β-unsaturated/α-hetero) is 1. The number of aryl methyl sites for hydroxylation is 3. The Morgan fingerprint density at radius 1 is 1.11 bits per heavy atom. The van der Waals surface area contributed by atoms with Crippen LogP contribution in [0.15, 0.2) is 42.5 Å². The summed E-state index contributed by atoms with van der Waals surface area (Å²) >= 11 is 5.94. The number of ketones is 1. The maximum atomic E-state index is 13.2. The molecule has 1 unspecified atom stereocenters. The van der Waals surface area contributed by atoms with E-state index in [4.69, 9.17) is 11.6 Å². The standard InChI is InChI=1S/C22H20ClN3O2/c1-12-8-13(2)10-17(9-12)26-22-20(14(3)25-26)18(11-19(27)24-22)21(28)15-4-6-16(23)7-5-15/h4-10,18H,11H2,1-3H3,(H,24,27). The lowest BCUT2D eigenvalue weighted by Crippen LogP contribution is -2.28. The van der Waals surface area contributed by atoms with Gasteiger partial charge < -0.3 is 5.32 Å². The number of fused-ring (bicyclic) bond motifs is 1. The Morgan fingerprint density at radius 3 is 2.39 bits per heavy atom. The van der Waals surface area contributed by atoms with Gasteiger partial charge in [0.25, 0.3) is 0 Å². The predicted octanol–water partition coefficient (Wildman–Crippen LogP) is 4.76. The minimum Gasteiger partial charge on any atom is -0.310 e. The number of carbonyl (C=O) groups excluding carboxylic acids is 2. The first-order chi connectivity index (χ1) is 13.3. The molecule has 0 saturated heterocycles. The average molecular weight is 394 g/mol. The Morgan fingerprint density at radius 2 is 1.75 bits per heavy atom. The van der Waals surface area contributed by atoms with E-state index in [1.807, 2.05) is 32.9 Å². The van der Waals surface area contributed by atoms with Crippen LogP contribution in [0.4, 0.5) is 5.82 Å². The third-order valence-electron chi connectivity index (χ3n) is 5.00. The number of anilines is 1. The molecule has 2 aromatic carbocycles. The maximum Gasteiger partial charge on any atom is 0.226 e. The van der Waals surface area contributed by atoms with Gasteiger partial charge in [-0.3, -0.25) is 9.59 Å². The van der Waals surface area contributed by atoms with Crippen LogP contribution in [0.1, 0.15) is 45.1 Å². The summed E-state index contributed by atoms with van der Waals surface area (Å²) in [7, 11) is 0. The molecule has 142 valence electrons. The molecule has 0 spiro atoms. The lowest BCUT2D eigenvalue weighted by atomic mass is 9.85. The molecule has 1 amide bonds. The molecule has 0 aliphatic carbocycles. The molecule has 1 atom stereocenters. The monoisotopic (exact) mass is 393 g/mol. The molecule has 1 aliphatic heterocycles. The van der Waals surface area contributed by atoms with Crippen molar-refractivity contribution in [2.24, 2.45) is 0 Å². The number of nitrogens with one attached hydrogen (secondary N) is 1. The van der Waals surface area contributed by atoms with E-state index < -0.39 is 5.92 Å². The van der Waals surface area contributed by atoms with Crippen LogP contribution < -0.4 is 5.32 Å². The van der Waals surface area contributed by atoms with E-state index in [0.717, 1.165) is 28.1 Å². The third-order valence-corrected chi connectivity index (χ3v) is 5.25. The van der Waals surface area contributed by atoms with Crippen LogP contribution >= 0.6 is 11.6 Å². The van der Waals surface area contributed by atoms with Crippen molar-refractivity contribution in [2.75, 3.05) is 5.32 Å². The first-order valence-corrected chi connectivity index (χ1v) is 9.49. The smallest absolute Gasteiger partial charge is 0.226 e. The van der Waals surface area contributed by atoms with E-state index in [1.54, 1.807) is 28.9 Å². The summed E-state index contributed by atoms with van der Waals surface area (Å²) < 4.78 is 1.73. The number of nitrogens with zero attached hydrogens (tertiary/aromatic N) is 2. The van der Waals surface area contributed by atoms with Gasteiger partial charge in [0.1, 0.15) is 5.82 Å². The van der Waals surface area contributed by atoms with Gasteiger partial charge in [-0.05, 0) is 68.3 Å². The number of hydrogen-bond acceptors (Lipinski definition) is 3. The van der Waals surface area contributed by atoms with Gasteiger partial charge in [0, 0.05) is 22.6 Å². The normalized spacial score (nSPS) is 15.9. The highest BCUT2D eigenvalue weighted by Gasteiger charge is 2.36. The number of rotatable bonds is 3. The molecule has 0 fully saturated rings. The zero-order chi connectivity index (χ0) is 20.0. The molecule has 1 aromatic heterocycles. The molecule has 3 aromatic rings. The summed E-state index contributed by atoms with van der Waals surface area (Å²) in [5.41, 5.74) is 5.12. The molecule has 6 heteroatoms. The van der Waals surface area contributed by atoms with Gasteiger partial charge in [-0.1, -0.05) is 17.7 Å². The number of aromatic nitrogens is 2. The molecule has 5 nitrogen and oxygen atoms in total. The van der Waals surface area contributed by atoms with Gasteiger partial charge >= 0.3 is 0 Å². The molecule has 28 heavy (non-hydrogen) atoms. The summed E-state index contributed by atoms with van der Waals surface area (Å²) in [5, 5.41) is 8.14. The van der Waals surface area contributed by atoms with E-state index in [9.17, 15) is 9.59 Å². The van der Waals surface area contributed by atoms with Gasteiger partial charge in [0.2, 0.25) is 5.91 Å². The molecule has 1 N–H and O–H groups in total. The van der Waals surface area contributed by atoms with E-state index in [1.165, 1.54) is 0 Å². The average Bonchev–Trinajstić information content (AvgIpc) is 2.97. The number of benzene rings is 2. The van der Waals surface area contributed by atoms with Crippen molar-refractivity contribution >= 4 is 29.1 Å². The van der Waals surface area contributed by atoms with Crippen LogP contribution in [0.3, 0.4) is 0 Å². The Bertz CT molecular complexity index is 1080. The number of carbonyl (C=O) groups is 2. The van der Waals surface area contributed by atoms with E-state index in [-0.39, 0.29) is 18.1 Å². The fourth-order valence-corrected chi connectivity index (χ4v) is 3.97. The number of amides is 1. The highest BCUT2D eigenvalue weighted by molar-refractivity contribution is 6.30. The lowest BCUT2D eigenvalue weighted by Gasteiger charge is -2.23. The summed E-state index contributed by atoms with van der Waals surface area (Å²) in [6.45, 7) is 5.91. The number of halogens is 1. The van der Waals surface area contributed by atoms with Crippen molar-refractivity contribution in [1.82, 2.24) is 9.78 Å². The largest absolute Gasteiger partial charge is 0.310 e. The summed E-state index contributed by atoms with van der Waals surface area (Å²) in [5.74, 6) is -0.281. The van der Waals surface area contributed by atoms with Crippen LogP contribution in [-0.4, -0.2) is 21.5 Å². The first kappa shape index (κ1) is 18.4. The lowest BCUT2D eigenvalue weighted by molar-refractivity contribution is -0.116. The van der Waals surface area contributed by atoms with Crippen molar-refractivity contribution < 1.29 is 9.59 Å². The van der Waals surface area contributed by atoms with Crippen LogP contribution in [0.2, 0.25) is 5.02 Å². The van der Waals surface area contributed by atoms with E-state index >= 15 is 0 Å². The second-order valence-electron chi connectivity index (χ2n) is 7.28. The van der Waals surface area contributed by atoms with Gasteiger partial charge in [-0.15, -0.1) is 0 Å². The Labute approximate surface area is 168 Å². The SMILES string of the molecule is Cc1cc(C)cc(-n2nc(C)c3c2NC(=O)CC3C(=O)c2ccc(Cl)cc2)c1. The third kappa shape index (κ3) is 3.22. The molecule has 1 aliphatic rings. The Hall–Kier alpha value is -2.92. The molecule has 0 saturated carbocycles. The minimum absolute atomic E-state index is 0.101. The molecule has 0 bridgehead atoms. The second-order valence-corrected chi connectivity index (χ2v) is 7.72. The molecular weight excluding hydrogens is 374 g/mol. The van der Waals surface area contributed by atoms with Crippen molar-refractivity contribution in [2.45, 2.75) is 33.1 Å². The fraction of sp³-hybridized carbons (Fsp3) is 0.227. The zero-order valence-electron chi connectivity index (χ0n) is 15.9. The van der Waals surface area contributed by atoms with Gasteiger partial charge in [0.15, 0.2) is 5.78 Å². The van der Waals surface area contributed by atoms with Crippen LogP contribution in [0.25, 0.3) is 5.69 Å². The van der Waals surface area contributed by atoms with Crippen molar-refractivity contribution in [1.29, 1.82) is 0 Å². The van der Waals surface area contributed by atoms with Gasteiger partial charge in [0.05, 0.1) is 17.3 Å². The van der Waals surface area contributed by atoms with Crippen LogP contribution in [0.5, 0.6) is 0 Å². The first-order valence-electron chi connectivity index (χ1n) is 9.11. The maximum absolute atomic E-state index is 13.2. The fourth-order valence-electron chi connectivity index (χ4n) is 3.85. The predicted molar refractivity (Wildman–Crippen MR) is 110 cm³/mol. The summed E-state index contributed by atoms with van der Waals surface area (Å²) in [6.07, 6.45) is 0.105. The summed E-state index contributed by atoms with van der Waals surface area (Å²) in [6, 6.07) is 12.9. The highest BCUT2D eigenvalue weighted by atomic mass is 35.5. The molecule has 2 heterocycles. The second kappa shape index (κ2) is 6.91. The minimum atomic E-state index is -0.565. The van der Waals surface area contributed by atoms with Gasteiger partial charge in [-0.2, -0.15) is 5.10 Å². The van der Waals surface area contributed by atoms with E-state index in [2.05, 4.69) is 16.5 Å². The zero-order valence-corrected chi connectivity index (χ0v) is 16.7. The van der Waals surface area contributed by atoms with Crippen molar-refractivity contribution in [3.63, 3.8) is 0 Å². The molecule has 4 rings (SSSR count). The molecular formula is C22H20ClN3O2. The summed E-state index contributed by atoms with van der Waals surface area (Å²) in [4.78, 5) is 25.6. The molecule has 0 radical (unpaired) electrons. The van der Waals surface area contributed by atoms with Crippen molar-refractivity contribution in [3.05, 3.63) is 75.4 Å². The van der Waals surface area contributed by atoms with Gasteiger partial charge in [-0.25, -0.2) is 4.68 Å². The van der Waals surface area contributed by atoms with Crippen molar-refractivity contribution in [3.8, 4) is 5.69 Å². The topological polar surface area (TPSA) is 64.0 Å². The number of hydrogen-bond donors (Lipinski definition) is 1. The van der Waals surface area contributed by atoms with Crippen LogP contribution in [-0.2, 0) is 4.79 Å². The van der Waals surface area contributed by atoms with E-state index in [0.29, 0.717) is 16.4 Å². The quantitative estimate of drug-likeness (QED) is 0.652.